The summed E-state index contributed by atoms with van der Waals surface area (Å²) in [6.45, 7) is 7.73. The van der Waals surface area contributed by atoms with E-state index >= 15 is 0 Å². The summed E-state index contributed by atoms with van der Waals surface area (Å²) in [5, 5.41) is 0.834. The molecule has 236 valence electrons. The summed E-state index contributed by atoms with van der Waals surface area (Å²) in [6, 6.07) is 20.5. The minimum Gasteiger partial charge on any atom is -0.377 e. The molecule has 0 unspecified atom stereocenters. The van der Waals surface area contributed by atoms with E-state index in [0.717, 1.165) is 22.0 Å². The first-order valence-corrected chi connectivity index (χ1v) is 15.5. The lowest BCUT2D eigenvalue weighted by atomic mass is 10.1. The molecule has 2 aromatic carbocycles. The van der Waals surface area contributed by atoms with E-state index in [0.29, 0.717) is 57.7 Å². The van der Waals surface area contributed by atoms with Gasteiger partial charge in [0.1, 0.15) is 5.56 Å². The van der Waals surface area contributed by atoms with Crippen molar-refractivity contribution >= 4 is 35.1 Å². The van der Waals surface area contributed by atoms with Gasteiger partial charge in [-0.05, 0) is 41.5 Å². The Balaban J connectivity index is 0.00000259. The molecule has 2 heterocycles. The van der Waals surface area contributed by atoms with Crippen LogP contribution in [0.1, 0.15) is 35.3 Å². The van der Waals surface area contributed by atoms with Crippen molar-refractivity contribution in [3.63, 3.8) is 0 Å². The minimum atomic E-state index is -0.376. The summed E-state index contributed by atoms with van der Waals surface area (Å²) in [7, 11) is 1.68. The molecule has 0 spiro atoms. The van der Waals surface area contributed by atoms with Gasteiger partial charge in [-0.25, -0.2) is 0 Å². The molecule has 10 heteroatoms. The second-order valence-electron chi connectivity index (χ2n) is 9.47. The number of rotatable bonds is 17. The van der Waals surface area contributed by atoms with Gasteiger partial charge in [-0.1, -0.05) is 50.2 Å². The Hall–Kier alpha value is -3.54. The van der Waals surface area contributed by atoms with Crippen molar-refractivity contribution in [3.8, 4) is 0 Å². The molecule has 1 amide bonds. The number of thiol groups is 1. The topological polar surface area (TPSA) is 92.1 Å². The zero-order valence-corrected chi connectivity index (χ0v) is 26.7. The van der Waals surface area contributed by atoms with Crippen LogP contribution in [0.25, 0.3) is 10.9 Å². The quantitative estimate of drug-likeness (QED) is 0.126. The molecule has 0 aliphatic carbocycles. The maximum absolute atomic E-state index is 13.8. The van der Waals surface area contributed by atoms with Crippen LogP contribution >= 0.6 is 12.6 Å². The third kappa shape index (κ3) is 10.3. The van der Waals surface area contributed by atoms with E-state index in [1.165, 1.54) is 4.57 Å². The summed E-state index contributed by atoms with van der Waals surface area (Å²) in [6.07, 6.45) is 3.51. The molecular formula is C34H43N3O6S. The van der Waals surface area contributed by atoms with Crippen molar-refractivity contribution < 1.29 is 23.7 Å². The molecule has 44 heavy (non-hydrogen) atoms. The maximum Gasteiger partial charge on any atom is 0.263 e. The Labute approximate surface area is 265 Å². The van der Waals surface area contributed by atoms with Gasteiger partial charge in [-0.2, -0.15) is 12.6 Å². The van der Waals surface area contributed by atoms with Crippen molar-refractivity contribution in [1.29, 1.82) is 0 Å². The highest BCUT2D eigenvalue weighted by atomic mass is 32.1. The van der Waals surface area contributed by atoms with Gasteiger partial charge in [0.25, 0.3) is 11.5 Å². The number of nitrogens with zero attached hydrogens (tertiary/aromatic N) is 3. The van der Waals surface area contributed by atoms with Crippen LogP contribution in [0.3, 0.4) is 0 Å². The fourth-order valence-electron chi connectivity index (χ4n) is 4.44. The monoisotopic (exact) mass is 621 g/mol. The highest BCUT2D eigenvalue weighted by molar-refractivity contribution is 7.79. The van der Waals surface area contributed by atoms with E-state index in [1.54, 1.807) is 30.4 Å². The largest absolute Gasteiger partial charge is 0.377 e. The predicted octanol–water partition coefficient (Wildman–Crippen LogP) is 5.30. The molecule has 0 aliphatic heterocycles. The number of anilines is 1. The Bertz CT molecular complexity index is 1470. The Morgan fingerprint density at radius 3 is 2.14 bits per heavy atom. The maximum atomic E-state index is 13.8. The second kappa shape index (κ2) is 19.7. The lowest BCUT2D eigenvalue weighted by molar-refractivity contribution is -0.00345. The van der Waals surface area contributed by atoms with Crippen LogP contribution in [0.2, 0.25) is 0 Å². The van der Waals surface area contributed by atoms with Crippen LogP contribution in [0.4, 0.5) is 5.69 Å². The van der Waals surface area contributed by atoms with Gasteiger partial charge in [-0.3, -0.25) is 14.6 Å². The van der Waals surface area contributed by atoms with Crippen molar-refractivity contribution in [2.24, 2.45) is 7.05 Å². The lowest BCUT2D eigenvalue weighted by Crippen LogP contribution is -2.38. The summed E-state index contributed by atoms with van der Waals surface area (Å²) in [5.74, 6) is 0.119. The van der Waals surface area contributed by atoms with Crippen molar-refractivity contribution in [1.82, 2.24) is 9.55 Å². The summed E-state index contributed by atoms with van der Waals surface area (Å²) in [4.78, 5) is 32.6. The number of fused-ring (bicyclic) bond motifs is 1. The minimum absolute atomic E-state index is 0.105. The number of aromatic nitrogens is 2. The molecule has 0 fully saturated rings. The second-order valence-corrected chi connectivity index (χ2v) is 9.79. The zero-order valence-electron chi connectivity index (χ0n) is 25.8. The third-order valence-electron chi connectivity index (χ3n) is 6.64. The van der Waals surface area contributed by atoms with Crippen molar-refractivity contribution in [2.75, 3.05) is 57.7 Å². The van der Waals surface area contributed by atoms with E-state index in [2.05, 4.69) is 17.6 Å². The van der Waals surface area contributed by atoms with Crippen LogP contribution < -0.4 is 10.5 Å². The number of ether oxygens (including phenoxy) is 4. The number of carbonyl (C=O) groups excluding carboxylic acids is 1. The highest BCUT2D eigenvalue weighted by Crippen LogP contribution is 2.22. The molecule has 0 radical (unpaired) electrons. The van der Waals surface area contributed by atoms with Crippen molar-refractivity contribution in [3.05, 3.63) is 106 Å². The van der Waals surface area contributed by atoms with Gasteiger partial charge >= 0.3 is 0 Å². The molecule has 4 rings (SSSR count). The predicted molar refractivity (Wildman–Crippen MR) is 178 cm³/mol. The van der Waals surface area contributed by atoms with Crippen molar-refractivity contribution in [2.45, 2.75) is 26.2 Å². The molecule has 0 N–H and O–H groups in total. The molecule has 9 nitrogen and oxygen atoms in total. The lowest BCUT2D eigenvalue weighted by Gasteiger charge is -2.23. The molecule has 0 bridgehead atoms. The number of hydrogen-bond donors (Lipinski definition) is 1. The first-order chi connectivity index (χ1) is 21.6. The molecule has 2 aromatic heterocycles. The molecule has 4 aromatic rings. The SMILES string of the molecule is CC.Cn1c(=O)c(C(=O)N(CCOCCOCCOCCOCc2cccnc2)c2ccccc2)cc2c(CS)cccc21. The molecule has 0 aliphatic rings. The fourth-order valence-corrected chi connectivity index (χ4v) is 4.71. The number of hydrogen-bond acceptors (Lipinski definition) is 8. The Kier molecular flexibility index (Phi) is 15.6. The van der Waals surface area contributed by atoms with Gasteiger partial charge in [0.2, 0.25) is 0 Å². The summed E-state index contributed by atoms with van der Waals surface area (Å²) < 4.78 is 23.9. The Morgan fingerprint density at radius 2 is 1.50 bits per heavy atom. The number of benzene rings is 2. The normalized spacial score (nSPS) is 10.8. The molecule has 0 atom stereocenters. The van der Waals surface area contributed by atoms with Crippen LogP contribution in [0.5, 0.6) is 0 Å². The van der Waals surface area contributed by atoms with Gasteiger partial charge in [0.05, 0.1) is 58.4 Å². The number of para-hydroxylation sites is 1. The Morgan fingerprint density at radius 1 is 0.841 bits per heavy atom. The standard InChI is InChI=1S/C32H37N3O6S.C2H6/c1-34-30-11-5-8-26(24-42)28(30)21-29(31(34)36)32(37)35(27-9-3-2-4-10-27)13-14-38-15-16-39-17-18-40-19-20-41-23-25-7-6-12-33-22-25;1-2/h2-12,21-22,42H,13-20,23-24H2,1H3;1-2H3. The van der Waals surface area contributed by atoms with E-state index in [4.69, 9.17) is 18.9 Å². The van der Waals surface area contributed by atoms with Gasteiger partial charge in [-0.15, -0.1) is 0 Å². The third-order valence-corrected chi connectivity index (χ3v) is 6.98. The number of pyridine rings is 2. The summed E-state index contributed by atoms with van der Waals surface area (Å²) in [5.41, 5.74) is 3.19. The van der Waals surface area contributed by atoms with Gasteiger partial charge < -0.3 is 28.4 Å². The van der Waals surface area contributed by atoms with E-state index in [9.17, 15) is 9.59 Å². The zero-order chi connectivity index (χ0) is 31.6. The van der Waals surface area contributed by atoms with Gasteiger partial charge in [0.15, 0.2) is 0 Å². The van der Waals surface area contributed by atoms with E-state index in [-0.39, 0.29) is 30.2 Å². The van der Waals surface area contributed by atoms with E-state index < -0.39 is 0 Å². The summed E-state index contributed by atoms with van der Waals surface area (Å²) >= 11 is 4.43. The smallest absolute Gasteiger partial charge is 0.263 e. The average Bonchev–Trinajstić information content (AvgIpc) is 3.07. The van der Waals surface area contributed by atoms with Crippen LogP contribution in [0, 0.1) is 0 Å². The number of amides is 1. The van der Waals surface area contributed by atoms with Gasteiger partial charge in [0, 0.05) is 42.8 Å². The number of carbonyl (C=O) groups is 1. The van der Waals surface area contributed by atoms with E-state index in [1.807, 2.05) is 74.5 Å². The van der Waals surface area contributed by atoms with Crippen LogP contribution in [-0.2, 0) is 38.4 Å². The van der Waals surface area contributed by atoms with Crippen LogP contribution in [-0.4, -0.2) is 68.3 Å². The molecular weight excluding hydrogens is 578 g/mol. The first kappa shape index (κ1) is 34.9. The molecule has 0 saturated heterocycles. The number of aryl methyl sites for hydroxylation is 1. The first-order valence-electron chi connectivity index (χ1n) is 14.9. The van der Waals surface area contributed by atoms with Crippen LogP contribution in [0.15, 0.2) is 83.9 Å². The average molecular weight is 622 g/mol. The fraction of sp³-hybridized carbons (Fsp3) is 0.382. The molecule has 0 saturated carbocycles. The highest BCUT2D eigenvalue weighted by Gasteiger charge is 2.22.